The van der Waals surface area contributed by atoms with E-state index < -0.39 is 0 Å². The molecule has 7 heteroatoms. The van der Waals surface area contributed by atoms with Crippen LogP contribution in [0.1, 0.15) is 44.3 Å². The van der Waals surface area contributed by atoms with Crippen molar-refractivity contribution in [2.24, 2.45) is 11.8 Å². The van der Waals surface area contributed by atoms with Crippen LogP contribution in [-0.2, 0) is 13.0 Å². The minimum Gasteiger partial charge on any atom is -0.322 e. The van der Waals surface area contributed by atoms with Crippen molar-refractivity contribution in [3.8, 4) is 0 Å². The monoisotopic (exact) mass is 344 g/mol. The number of carbonyl (C=O) groups is 1. The van der Waals surface area contributed by atoms with Gasteiger partial charge in [0.25, 0.3) is 0 Å². The van der Waals surface area contributed by atoms with Crippen molar-refractivity contribution in [1.82, 2.24) is 24.6 Å². The number of nitrogens with one attached hydrogen (secondary N) is 1. The Morgan fingerprint density at radius 2 is 1.92 bits per heavy atom. The summed E-state index contributed by atoms with van der Waals surface area (Å²) < 4.78 is 1.94. The predicted octanol–water partition coefficient (Wildman–Crippen LogP) is 1.95. The minimum absolute atomic E-state index is 0.0458. The summed E-state index contributed by atoms with van der Waals surface area (Å²) in [4.78, 5) is 21.6. The third-order valence-corrected chi connectivity index (χ3v) is 6.76. The molecule has 3 fully saturated rings. The molecule has 4 aliphatic rings. The van der Waals surface area contributed by atoms with Crippen LogP contribution in [0.25, 0.3) is 0 Å². The van der Waals surface area contributed by atoms with Crippen molar-refractivity contribution >= 4 is 12.0 Å². The molecule has 2 bridgehead atoms. The van der Waals surface area contributed by atoms with Crippen LogP contribution in [0.3, 0.4) is 0 Å². The summed E-state index contributed by atoms with van der Waals surface area (Å²) in [6.07, 6.45) is 8.98. The summed E-state index contributed by atoms with van der Waals surface area (Å²) in [6, 6.07) is 0.737. The van der Waals surface area contributed by atoms with Gasteiger partial charge in [-0.2, -0.15) is 4.98 Å². The highest BCUT2D eigenvalue weighted by molar-refractivity contribution is 5.87. The van der Waals surface area contributed by atoms with Gasteiger partial charge in [-0.1, -0.05) is 6.42 Å². The van der Waals surface area contributed by atoms with Crippen molar-refractivity contribution in [3.05, 3.63) is 5.82 Å². The van der Waals surface area contributed by atoms with Crippen molar-refractivity contribution in [2.75, 3.05) is 31.5 Å². The van der Waals surface area contributed by atoms with Crippen LogP contribution < -0.4 is 5.32 Å². The molecule has 25 heavy (non-hydrogen) atoms. The van der Waals surface area contributed by atoms with Gasteiger partial charge in [0.2, 0.25) is 5.95 Å². The molecule has 2 aliphatic heterocycles. The second-order valence-electron chi connectivity index (χ2n) is 8.23. The zero-order valence-electron chi connectivity index (χ0n) is 14.9. The SMILES string of the molecule is O=C(Nc1nc2n(n1)CCCC2)N1CCN([C@@H]2C[C@@H]3CC[C@H]2C3)CC1. The van der Waals surface area contributed by atoms with Crippen molar-refractivity contribution in [1.29, 1.82) is 0 Å². The average Bonchev–Trinajstić information content (AvgIpc) is 3.36. The number of amides is 2. The highest BCUT2D eigenvalue weighted by Crippen LogP contribution is 2.46. The van der Waals surface area contributed by atoms with Gasteiger partial charge in [-0.25, -0.2) is 9.48 Å². The molecule has 0 radical (unpaired) electrons. The first-order valence-electron chi connectivity index (χ1n) is 10.00. The molecule has 136 valence electrons. The number of fused-ring (bicyclic) bond motifs is 3. The number of hydrogen-bond donors (Lipinski definition) is 1. The maximum atomic E-state index is 12.5. The molecule has 5 rings (SSSR count). The third-order valence-electron chi connectivity index (χ3n) is 6.76. The lowest BCUT2D eigenvalue weighted by Gasteiger charge is -2.40. The third kappa shape index (κ3) is 2.92. The first kappa shape index (κ1) is 15.6. The van der Waals surface area contributed by atoms with E-state index in [0.717, 1.165) is 75.7 Å². The van der Waals surface area contributed by atoms with E-state index in [1.165, 1.54) is 25.7 Å². The number of anilines is 1. The van der Waals surface area contributed by atoms with E-state index in [2.05, 4.69) is 20.3 Å². The number of aromatic nitrogens is 3. The molecule has 1 saturated heterocycles. The molecule has 7 nitrogen and oxygen atoms in total. The lowest BCUT2D eigenvalue weighted by Crippen LogP contribution is -2.54. The zero-order chi connectivity index (χ0) is 16.8. The van der Waals surface area contributed by atoms with Gasteiger partial charge in [0.15, 0.2) is 0 Å². The Morgan fingerprint density at radius 3 is 2.64 bits per heavy atom. The number of rotatable bonds is 2. The molecule has 0 aromatic carbocycles. The van der Waals surface area contributed by atoms with E-state index in [0.29, 0.717) is 5.95 Å². The van der Waals surface area contributed by atoms with Crippen LogP contribution >= 0.6 is 0 Å². The summed E-state index contributed by atoms with van der Waals surface area (Å²) >= 11 is 0. The lowest BCUT2D eigenvalue weighted by molar-refractivity contribution is 0.0859. The zero-order valence-corrected chi connectivity index (χ0v) is 14.9. The highest BCUT2D eigenvalue weighted by atomic mass is 16.2. The van der Waals surface area contributed by atoms with E-state index in [4.69, 9.17) is 0 Å². The molecule has 1 aromatic heterocycles. The van der Waals surface area contributed by atoms with Crippen LogP contribution in [0.4, 0.5) is 10.7 Å². The van der Waals surface area contributed by atoms with Gasteiger partial charge in [0.1, 0.15) is 5.82 Å². The number of aryl methyl sites for hydroxylation is 2. The van der Waals surface area contributed by atoms with Crippen molar-refractivity contribution < 1.29 is 4.79 Å². The molecule has 0 unspecified atom stereocenters. The van der Waals surface area contributed by atoms with Gasteiger partial charge in [-0.3, -0.25) is 10.2 Å². The normalized spacial score (nSPS) is 32.0. The van der Waals surface area contributed by atoms with E-state index >= 15 is 0 Å². The summed E-state index contributed by atoms with van der Waals surface area (Å²) in [5, 5.41) is 7.33. The molecule has 0 spiro atoms. The Balaban J connectivity index is 1.15. The lowest BCUT2D eigenvalue weighted by atomic mass is 9.93. The number of nitrogens with zero attached hydrogens (tertiary/aromatic N) is 5. The smallest absolute Gasteiger partial charge is 0.322 e. The molecule has 1 N–H and O–H groups in total. The van der Waals surface area contributed by atoms with Crippen molar-refractivity contribution in [2.45, 2.75) is 57.5 Å². The number of piperazine rings is 1. The molecule has 3 atom stereocenters. The van der Waals surface area contributed by atoms with Gasteiger partial charge >= 0.3 is 6.03 Å². The van der Waals surface area contributed by atoms with E-state index in [9.17, 15) is 4.79 Å². The van der Waals surface area contributed by atoms with Crippen LogP contribution in [-0.4, -0.2) is 62.8 Å². The quantitative estimate of drug-likeness (QED) is 0.890. The summed E-state index contributed by atoms with van der Waals surface area (Å²) in [6.45, 7) is 4.56. The number of hydrogen-bond acceptors (Lipinski definition) is 4. The molecule has 2 saturated carbocycles. The maximum Gasteiger partial charge on any atom is 0.324 e. The van der Waals surface area contributed by atoms with Crippen LogP contribution in [0.15, 0.2) is 0 Å². The van der Waals surface area contributed by atoms with E-state index in [1.807, 2.05) is 9.58 Å². The number of urea groups is 1. The standard InChI is InChI=1S/C18H28N6O/c25-18(20-17-19-16-3-1-2-6-24(16)21-17)23-9-7-22(8-10-23)15-12-13-4-5-14(15)11-13/h13-15H,1-12H2,(H,20,21,25)/t13-,14+,15-/m1/s1. The molecule has 2 amide bonds. The summed E-state index contributed by atoms with van der Waals surface area (Å²) in [5.74, 6) is 3.38. The van der Waals surface area contributed by atoms with E-state index in [1.54, 1.807) is 0 Å². The Bertz CT molecular complexity index is 626. The maximum absolute atomic E-state index is 12.5. The van der Waals surface area contributed by atoms with Gasteiger partial charge in [-0.05, 0) is 43.9 Å². The van der Waals surface area contributed by atoms with Crippen LogP contribution in [0.5, 0.6) is 0 Å². The molecular formula is C18H28N6O. The second-order valence-corrected chi connectivity index (χ2v) is 8.23. The topological polar surface area (TPSA) is 66.3 Å². The predicted molar refractivity (Wildman–Crippen MR) is 94.4 cm³/mol. The first-order valence-corrected chi connectivity index (χ1v) is 10.00. The fourth-order valence-electron chi connectivity index (χ4n) is 5.43. The molecule has 1 aromatic rings. The van der Waals surface area contributed by atoms with Gasteiger partial charge in [0, 0.05) is 45.2 Å². The fraction of sp³-hybridized carbons (Fsp3) is 0.833. The van der Waals surface area contributed by atoms with Crippen molar-refractivity contribution in [3.63, 3.8) is 0 Å². The highest BCUT2D eigenvalue weighted by Gasteiger charge is 2.43. The Labute approximate surface area is 148 Å². The van der Waals surface area contributed by atoms with Gasteiger partial charge in [-0.15, -0.1) is 5.10 Å². The molecular weight excluding hydrogens is 316 g/mol. The summed E-state index contributed by atoms with van der Waals surface area (Å²) in [5.41, 5.74) is 0. The average molecular weight is 344 g/mol. The molecule has 2 aliphatic carbocycles. The first-order chi connectivity index (χ1) is 12.3. The van der Waals surface area contributed by atoms with Gasteiger partial charge in [0.05, 0.1) is 0 Å². The summed E-state index contributed by atoms with van der Waals surface area (Å²) in [7, 11) is 0. The van der Waals surface area contributed by atoms with E-state index in [-0.39, 0.29) is 6.03 Å². The molecule has 3 heterocycles. The largest absolute Gasteiger partial charge is 0.324 e. The second kappa shape index (κ2) is 6.27. The Hall–Kier alpha value is -1.63. The van der Waals surface area contributed by atoms with Crippen LogP contribution in [0, 0.1) is 11.8 Å². The Kier molecular flexibility index (Phi) is 3.91. The minimum atomic E-state index is -0.0458. The van der Waals surface area contributed by atoms with Crippen LogP contribution in [0.2, 0.25) is 0 Å². The number of carbonyl (C=O) groups excluding carboxylic acids is 1. The Morgan fingerprint density at radius 1 is 1.04 bits per heavy atom. The van der Waals surface area contributed by atoms with Gasteiger partial charge < -0.3 is 4.90 Å². The fourth-order valence-corrected chi connectivity index (χ4v) is 5.43.